The first kappa shape index (κ1) is 19.6. The maximum Gasteiger partial charge on any atom is 0.416 e. The predicted octanol–water partition coefficient (Wildman–Crippen LogP) is 5.37. The molecule has 0 bridgehead atoms. The highest BCUT2D eigenvalue weighted by atomic mass is 32.2. The van der Waals surface area contributed by atoms with Crippen LogP contribution in [0.1, 0.15) is 21.8 Å². The monoisotopic (exact) mass is 411 g/mol. The van der Waals surface area contributed by atoms with Crippen molar-refractivity contribution in [1.82, 2.24) is 9.97 Å². The summed E-state index contributed by atoms with van der Waals surface area (Å²) in [6, 6.07) is 4.58. The number of aromatic nitrogens is 2. The zero-order valence-electron chi connectivity index (χ0n) is 14.8. The molecule has 0 fully saturated rings. The maximum absolute atomic E-state index is 12.8. The summed E-state index contributed by atoms with van der Waals surface area (Å²) in [7, 11) is 0. The van der Waals surface area contributed by atoms with E-state index in [1.807, 2.05) is 13.8 Å². The quantitative estimate of drug-likeness (QED) is 0.463. The fraction of sp³-hybridized carbons (Fsp3) is 0.278. The lowest BCUT2D eigenvalue weighted by molar-refractivity contribution is -0.137. The summed E-state index contributed by atoms with van der Waals surface area (Å²) in [6.45, 7) is 5.78. The number of benzene rings is 1. The van der Waals surface area contributed by atoms with Crippen LogP contribution < -0.4 is 5.32 Å². The largest absolute Gasteiger partial charge is 0.416 e. The van der Waals surface area contributed by atoms with Crippen LogP contribution in [0.4, 0.5) is 18.9 Å². The van der Waals surface area contributed by atoms with Gasteiger partial charge in [-0.2, -0.15) is 13.2 Å². The van der Waals surface area contributed by atoms with Gasteiger partial charge in [-0.25, -0.2) is 9.97 Å². The first-order valence-corrected chi connectivity index (χ1v) is 9.79. The van der Waals surface area contributed by atoms with Crippen LogP contribution in [0, 0.1) is 20.8 Å². The average molecular weight is 411 g/mol. The molecular weight excluding hydrogens is 395 g/mol. The number of thioether (sulfide) groups is 1. The van der Waals surface area contributed by atoms with Crippen molar-refractivity contribution in [2.24, 2.45) is 0 Å². The van der Waals surface area contributed by atoms with E-state index < -0.39 is 17.6 Å². The maximum atomic E-state index is 12.8. The van der Waals surface area contributed by atoms with Gasteiger partial charge in [0.1, 0.15) is 15.7 Å². The average Bonchev–Trinajstić information content (AvgIpc) is 2.86. The molecule has 2 heterocycles. The Kier molecular flexibility index (Phi) is 5.43. The fourth-order valence-corrected chi connectivity index (χ4v) is 4.59. The molecule has 4 nitrogen and oxygen atoms in total. The van der Waals surface area contributed by atoms with E-state index in [1.54, 1.807) is 18.3 Å². The van der Waals surface area contributed by atoms with Gasteiger partial charge in [0.05, 0.1) is 11.3 Å². The van der Waals surface area contributed by atoms with E-state index >= 15 is 0 Å². The number of alkyl halides is 3. The Balaban J connectivity index is 1.74. The molecule has 1 aromatic carbocycles. The van der Waals surface area contributed by atoms with Crippen molar-refractivity contribution in [3.63, 3.8) is 0 Å². The van der Waals surface area contributed by atoms with Gasteiger partial charge in [-0.1, -0.05) is 17.8 Å². The molecule has 0 saturated heterocycles. The molecule has 0 atom stereocenters. The van der Waals surface area contributed by atoms with E-state index in [1.165, 1.54) is 23.9 Å². The summed E-state index contributed by atoms with van der Waals surface area (Å²) >= 11 is 2.83. The van der Waals surface area contributed by atoms with E-state index in [-0.39, 0.29) is 11.4 Å². The van der Waals surface area contributed by atoms with Crippen LogP contribution in [-0.2, 0) is 11.0 Å². The molecule has 0 radical (unpaired) electrons. The highest BCUT2D eigenvalue weighted by Crippen LogP contribution is 2.35. The highest BCUT2D eigenvalue weighted by molar-refractivity contribution is 8.00. The standard InChI is InChI=1S/C18H16F3N3OS2/c1-9-10(2)27-17-15(9)16(22-11(3)23-17)26-8-14(25)24-13-6-4-5-12(7-13)18(19,20)21/h4-7H,8H2,1-3H3,(H,24,25). The molecule has 0 spiro atoms. The Bertz CT molecular complexity index is 1010. The molecular formula is C18H16F3N3OS2. The molecule has 9 heteroatoms. The summed E-state index contributed by atoms with van der Waals surface area (Å²) in [4.78, 5) is 23.1. The lowest BCUT2D eigenvalue weighted by atomic mass is 10.2. The van der Waals surface area contributed by atoms with E-state index in [0.717, 1.165) is 32.8 Å². The molecule has 27 heavy (non-hydrogen) atoms. The van der Waals surface area contributed by atoms with Gasteiger partial charge in [-0.05, 0) is 44.5 Å². The van der Waals surface area contributed by atoms with Crippen LogP contribution in [0.3, 0.4) is 0 Å². The number of hydrogen-bond acceptors (Lipinski definition) is 5. The van der Waals surface area contributed by atoms with Gasteiger partial charge in [0, 0.05) is 16.0 Å². The first-order valence-electron chi connectivity index (χ1n) is 7.99. The van der Waals surface area contributed by atoms with Crippen LogP contribution in [0.2, 0.25) is 0 Å². The zero-order chi connectivity index (χ0) is 19.8. The van der Waals surface area contributed by atoms with Gasteiger partial charge in [0.15, 0.2) is 0 Å². The van der Waals surface area contributed by atoms with Gasteiger partial charge < -0.3 is 5.32 Å². The Morgan fingerprint density at radius 2 is 1.96 bits per heavy atom. The van der Waals surface area contributed by atoms with Crippen molar-refractivity contribution in [1.29, 1.82) is 0 Å². The molecule has 3 aromatic rings. The van der Waals surface area contributed by atoms with Crippen molar-refractivity contribution >= 4 is 44.9 Å². The summed E-state index contributed by atoms with van der Waals surface area (Å²) in [5.41, 5.74) is 0.392. The molecule has 0 unspecified atom stereocenters. The molecule has 3 rings (SSSR count). The van der Waals surface area contributed by atoms with Crippen molar-refractivity contribution in [2.75, 3.05) is 11.1 Å². The van der Waals surface area contributed by atoms with Gasteiger partial charge in [-0.15, -0.1) is 11.3 Å². The molecule has 1 N–H and O–H groups in total. The van der Waals surface area contributed by atoms with E-state index in [2.05, 4.69) is 15.3 Å². The van der Waals surface area contributed by atoms with Crippen LogP contribution in [0.25, 0.3) is 10.2 Å². The third kappa shape index (κ3) is 4.41. The zero-order valence-corrected chi connectivity index (χ0v) is 16.4. The number of nitrogens with zero attached hydrogens (tertiary/aromatic N) is 2. The molecule has 0 aliphatic rings. The van der Waals surface area contributed by atoms with Gasteiger partial charge in [-0.3, -0.25) is 4.79 Å². The first-order chi connectivity index (χ1) is 12.6. The van der Waals surface area contributed by atoms with Gasteiger partial charge in [0.25, 0.3) is 0 Å². The minimum Gasteiger partial charge on any atom is -0.325 e. The Morgan fingerprint density at radius 3 is 2.67 bits per heavy atom. The van der Waals surface area contributed by atoms with Crippen LogP contribution in [0.15, 0.2) is 29.3 Å². The third-order valence-electron chi connectivity index (χ3n) is 3.92. The Morgan fingerprint density at radius 1 is 1.22 bits per heavy atom. The number of hydrogen-bond donors (Lipinski definition) is 1. The minimum atomic E-state index is -4.45. The molecule has 0 aliphatic heterocycles. The molecule has 1 amide bonds. The second-order valence-electron chi connectivity index (χ2n) is 5.95. The number of amides is 1. The summed E-state index contributed by atoms with van der Waals surface area (Å²) in [5, 5.41) is 4.14. The highest BCUT2D eigenvalue weighted by Gasteiger charge is 2.30. The van der Waals surface area contributed by atoms with Crippen molar-refractivity contribution in [2.45, 2.75) is 32.0 Å². The molecule has 0 saturated carbocycles. The van der Waals surface area contributed by atoms with Gasteiger partial charge in [0.2, 0.25) is 5.91 Å². The van der Waals surface area contributed by atoms with Gasteiger partial charge >= 0.3 is 6.18 Å². The number of carbonyl (C=O) groups excluding carboxylic acids is 1. The lowest BCUT2D eigenvalue weighted by Gasteiger charge is -2.10. The second-order valence-corrected chi connectivity index (χ2v) is 8.12. The minimum absolute atomic E-state index is 0.0378. The smallest absolute Gasteiger partial charge is 0.325 e. The molecule has 0 aliphatic carbocycles. The second kappa shape index (κ2) is 7.47. The Labute approximate surface area is 162 Å². The number of aryl methyl sites for hydroxylation is 3. The molecule has 2 aromatic heterocycles. The van der Waals surface area contributed by atoms with Crippen LogP contribution in [-0.4, -0.2) is 21.6 Å². The van der Waals surface area contributed by atoms with Crippen molar-refractivity contribution in [3.05, 3.63) is 46.1 Å². The number of anilines is 1. The summed E-state index contributed by atoms with van der Waals surface area (Å²) < 4.78 is 38.3. The number of carbonyl (C=O) groups is 1. The SMILES string of the molecule is Cc1nc(SCC(=O)Nc2cccc(C(F)(F)F)c2)c2c(C)c(C)sc2n1. The number of rotatable bonds is 4. The van der Waals surface area contributed by atoms with E-state index in [4.69, 9.17) is 0 Å². The predicted molar refractivity (Wildman–Crippen MR) is 102 cm³/mol. The van der Waals surface area contributed by atoms with Crippen molar-refractivity contribution in [3.8, 4) is 0 Å². The number of nitrogens with one attached hydrogen (secondary N) is 1. The van der Waals surface area contributed by atoms with Crippen molar-refractivity contribution < 1.29 is 18.0 Å². The normalized spacial score (nSPS) is 11.8. The summed E-state index contributed by atoms with van der Waals surface area (Å²) in [5.74, 6) is 0.258. The fourth-order valence-electron chi connectivity index (χ4n) is 2.52. The number of fused-ring (bicyclic) bond motifs is 1. The topological polar surface area (TPSA) is 54.9 Å². The van der Waals surface area contributed by atoms with E-state index in [9.17, 15) is 18.0 Å². The number of halogens is 3. The van der Waals surface area contributed by atoms with E-state index in [0.29, 0.717) is 10.9 Å². The lowest BCUT2D eigenvalue weighted by Crippen LogP contribution is -2.15. The van der Waals surface area contributed by atoms with Crippen LogP contribution >= 0.6 is 23.1 Å². The molecule has 142 valence electrons. The third-order valence-corrected chi connectivity index (χ3v) is 6.00. The Hall–Kier alpha value is -2.13. The summed E-state index contributed by atoms with van der Waals surface area (Å²) in [6.07, 6.45) is -4.45. The van der Waals surface area contributed by atoms with Crippen LogP contribution in [0.5, 0.6) is 0 Å². The number of thiophene rings is 1.